The summed E-state index contributed by atoms with van der Waals surface area (Å²) in [6.45, 7) is 9.04. The van der Waals surface area contributed by atoms with Crippen LogP contribution in [-0.2, 0) is 27.1 Å². The predicted molar refractivity (Wildman–Crippen MR) is 200 cm³/mol. The van der Waals surface area contributed by atoms with Crippen molar-refractivity contribution in [3.63, 3.8) is 0 Å². The number of carbonyl (C=O) groups is 2. The lowest BCUT2D eigenvalue weighted by Crippen LogP contribution is -2.16. The fraction of sp³-hybridized carbons (Fsp3) is 0.325. The fourth-order valence-electron chi connectivity index (χ4n) is 7.89. The summed E-state index contributed by atoms with van der Waals surface area (Å²) < 4.78 is 12.2. The Bertz CT molecular complexity index is 2340. The Morgan fingerprint density at radius 3 is 2.42 bits per heavy atom. The highest BCUT2D eigenvalue weighted by atomic mass is 35.5. The molecule has 0 amide bonds. The highest BCUT2D eigenvalue weighted by Gasteiger charge is 2.34. The molecule has 3 aromatic heterocycles. The first-order chi connectivity index (χ1) is 23.9. The van der Waals surface area contributed by atoms with Crippen LogP contribution in [0.5, 0.6) is 5.75 Å². The van der Waals surface area contributed by atoms with Crippen molar-refractivity contribution in [3.05, 3.63) is 104 Å². The molecule has 0 radical (unpaired) electrons. The Balaban J connectivity index is 1.37. The van der Waals surface area contributed by atoms with Crippen molar-refractivity contribution in [2.45, 2.75) is 65.8 Å². The highest BCUT2D eigenvalue weighted by Crippen LogP contribution is 2.45. The molecule has 1 unspecified atom stereocenters. The van der Waals surface area contributed by atoms with E-state index in [-0.39, 0.29) is 11.3 Å². The summed E-state index contributed by atoms with van der Waals surface area (Å²) in [5.74, 6) is -0.756. The van der Waals surface area contributed by atoms with E-state index in [0.717, 1.165) is 78.4 Å². The minimum Gasteiger partial charge on any atom is -0.494 e. The van der Waals surface area contributed by atoms with Crippen LogP contribution in [-0.4, -0.2) is 42.4 Å². The van der Waals surface area contributed by atoms with Gasteiger partial charge in [0.15, 0.2) is 5.78 Å². The molecule has 0 saturated carbocycles. The summed E-state index contributed by atoms with van der Waals surface area (Å²) in [4.78, 5) is 27.4. The molecule has 1 atom stereocenters. The van der Waals surface area contributed by atoms with Crippen LogP contribution < -0.4 is 4.74 Å². The van der Waals surface area contributed by atoms with Crippen LogP contribution in [0.3, 0.4) is 0 Å². The van der Waals surface area contributed by atoms with E-state index in [9.17, 15) is 9.90 Å². The topological polar surface area (TPSA) is 91.3 Å². The minimum absolute atomic E-state index is 0.00910. The highest BCUT2D eigenvalue weighted by molar-refractivity contribution is 6.35. The number of rotatable bonds is 8. The van der Waals surface area contributed by atoms with Crippen LogP contribution in [0.2, 0.25) is 10.0 Å². The lowest BCUT2D eigenvalue weighted by atomic mass is 9.86. The van der Waals surface area contributed by atoms with Gasteiger partial charge in [0.05, 0.1) is 34.1 Å². The molecule has 0 bridgehead atoms. The van der Waals surface area contributed by atoms with Crippen LogP contribution in [0.4, 0.5) is 0 Å². The van der Waals surface area contributed by atoms with Crippen molar-refractivity contribution in [1.29, 1.82) is 0 Å². The van der Waals surface area contributed by atoms with Crippen LogP contribution in [0.1, 0.15) is 79.7 Å². The van der Waals surface area contributed by atoms with Crippen LogP contribution >= 0.6 is 23.2 Å². The van der Waals surface area contributed by atoms with Crippen LogP contribution in [0.15, 0.2) is 48.7 Å². The molecular formula is C40H40Cl2N4O4. The molecule has 8 nitrogen and oxygen atoms in total. The second-order valence-electron chi connectivity index (χ2n) is 13.6. The van der Waals surface area contributed by atoms with E-state index in [1.165, 1.54) is 0 Å². The van der Waals surface area contributed by atoms with Crippen molar-refractivity contribution in [3.8, 4) is 16.9 Å². The zero-order valence-electron chi connectivity index (χ0n) is 29.2. The van der Waals surface area contributed by atoms with Gasteiger partial charge >= 0.3 is 5.97 Å². The number of nitrogens with zero attached hydrogens (tertiary/aromatic N) is 4. The van der Waals surface area contributed by atoms with E-state index in [0.29, 0.717) is 48.5 Å². The van der Waals surface area contributed by atoms with Gasteiger partial charge in [-0.25, -0.2) is 4.79 Å². The average Bonchev–Trinajstić information content (AvgIpc) is 3.64. The van der Waals surface area contributed by atoms with Gasteiger partial charge in [0, 0.05) is 70.9 Å². The molecule has 0 aliphatic carbocycles. The maximum atomic E-state index is 15.0. The van der Waals surface area contributed by atoms with Gasteiger partial charge in [-0.05, 0) is 112 Å². The third kappa shape index (κ3) is 5.59. The van der Waals surface area contributed by atoms with E-state index in [4.69, 9.17) is 33.0 Å². The number of aromatic nitrogens is 4. The number of aryl methyl sites for hydroxylation is 7. The molecule has 50 heavy (non-hydrogen) atoms. The monoisotopic (exact) mass is 710 g/mol. The number of fused-ring (bicyclic) bond motifs is 4. The molecule has 3 aromatic carbocycles. The molecule has 1 N–H and O–H groups in total. The number of ether oxygens (including phenoxy) is 1. The number of carboxylic acid groups (broad SMARTS) is 1. The van der Waals surface area contributed by atoms with Crippen molar-refractivity contribution >= 4 is 56.8 Å². The third-order valence-corrected chi connectivity index (χ3v) is 11.3. The smallest absolute Gasteiger partial charge is 0.336 e. The number of halogens is 2. The van der Waals surface area contributed by atoms with Gasteiger partial charge in [0.2, 0.25) is 0 Å². The second kappa shape index (κ2) is 13.0. The van der Waals surface area contributed by atoms with Gasteiger partial charge in [-0.15, -0.1) is 0 Å². The molecule has 6 aromatic rings. The number of aromatic carboxylic acids is 1. The van der Waals surface area contributed by atoms with E-state index in [1.807, 2.05) is 93.6 Å². The number of ketones is 1. The van der Waals surface area contributed by atoms with Gasteiger partial charge in [0.25, 0.3) is 0 Å². The lowest BCUT2D eigenvalue weighted by Gasteiger charge is -2.17. The zero-order valence-corrected chi connectivity index (χ0v) is 30.7. The standard InChI is InChI=1S/C40H40Cl2N4O4/c1-21-17-26(18-22(2)36(21)42)50-16-8-10-29-30-11-12-32(41)35(34-23(3)43-45(6)24(34)4)37(30)46-14-7-9-27(39(47)38(29)46)25-19-31(40(48)49)28-13-15-44(5)33(28)20-25/h11-13,15,17-20,27H,7-10,14,16H2,1-6H3,(H,48,49). The molecular weight excluding hydrogens is 671 g/mol. The lowest BCUT2D eigenvalue weighted by molar-refractivity contribution is 0.0698. The molecule has 258 valence electrons. The number of carbonyl (C=O) groups excluding carboxylic acids is 1. The first-order valence-electron chi connectivity index (χ1n) is 17.0. The Morgan fingerprint density at radius 1 is 1.00 bits per heavy atom. The first-order valence-corrected chi connectivity index (χ1v) is 17.7. The quantitative estimate of drug-likeness (QED) is 0.159. The fourth-order valence-corrected chi connectivity index (χ4v) is 8.25. The van der Waals surface area contributed by atoms with E-state index < -0.39 is 11.9 Å². The molecule has 0 spiro atoms. The van der Waals surface area contributed by atoms with Crippen molar-refractivity contribution in [2.75, 3.05) is 6.61 Å². The number of carboxylic acids is 1. The van der Waals surface area contributed by atoms with Gasteiger partial charge in [0.1, 0.15) is 5.75 Å². The Kier molecular flexibility index (Phi) is 8.81. The van der Waals surface area contributed by atoms with Gasteiger partial charge in [-0.3, -0.25) is 9.48 Å². The summed E-state index contributed by atoms with van der Waals surface area (Å²) in [5, 5.41) is 17.8. The zero-order chi connectivity index (χ0) is 35.6. The molecule has 1 aliphatic rings. The molecule has 10 heteroatoms. The Morgan fingerprint density at radius 2 is 1.74 bits per heavy atom. The summed E-state index contributed by atoms with van der Waals surface area (Å²) in [7, 11) is 3.82. The summed E-state index contributed by atoms with van der Waals surface area (Å²) in [5.41, 5.74) is 9.92. The van der Waals surface area contributed by atoms with E-state index >= 15 is 4.79 Å². The number of Topliss-reactive ketones (excluding diaryl/α,β-unsaturated/α-hetero) is 1. The third-order valence-electron chi connectivity index (χ3n) is 10.4. The first kappa shape index (κ1) is 33.9. The Labute approximate surface area is 301 Å². The normalized spacial score (nSPS) is 14.8. The summed E-state index contributed by atoms with van der Waals surface area (Å²) >= 11 is 13.5. The second-order valence-corrected chi connectivity index (χ2v) is 14.4. The number of benzene rings is 3. The number of hydrogen-bond acceptors (Lipinski definition) is 4. The van der Waals surface area contributed by atoms with Crippen molar-refractivity contribution in [2.24, 2.45) is 14.1 Å². The molecule has 7 rings (SSSR count). The SMILES string of the molecule is Cc1cc(OCCCc2c3n(c4c(-c5c(C)nn(C)c5C)c(Cl)ccc24)CCCC(c2cc(C(=O)O)c4ccn(C)c4c2)C3=O)cc(C)c1Cl. The molecule has 0 saturated heterocycles. The minimum atomic E-state index is -1.01. The van der Waals surface area contributed by atoms with E-state index in [2.05, 4.69) is 4.57 Å². The van der Waals surface area contributed by atoms with Crippen molar-refractivity contribution in [1.82, 2.24) is 18.9 Å². The summed E-state index contributed by atoms with van der Waals surface area (Å²) in [6.07, 6.45) is 4.46. The average molecular weight is 712 g/mol. The van der Waals surface area contributed by atoms with Gasteiger partial charge in [-0.1, -0.05) is 29.3 Å². The van der Waals surface area contributed by atoms with Gasteiger partial charge in [-0.2, -0.15) is 5.10 Å². The molecule has 1 aliphatic heterocycles. The van der Waals surface area contributed by atoms with Gasteiger partial charge < -0.3 is 19.0 Å². The number of hydrogen-bond donors (Lipinski definition) is 1. The largest absolute Gasteiger partial charge is 0.494 e. The summed E-state index contributed by atoms with van der Waals surface area (Å²) in [6, 6.07) is 13.4. The molecule has 4 heterocycles. The molecule has 0 fully saturated rings. The van der Waals surface area contributed by atoms with Crippen LogP contribution in [0, 0.1) is 27.7 Å². The Hall–Kier alpha value is -4.53. The maximum absolute atomic E-state index is 15.0. The maximum Gasteiger partial charge on any atom is 0.336 e. The van der Waals surface area contributed by atoms with Crippen LogP contribution in [0.25, 0.3) is 32.9 Å². The van der Waals surface area contributed by atoms with Crippen molar-refractivity contribution < 1.29 is 19.4 Å². The van der Waals surface area contributed by atoms with E-state index in [1.54, 1.807) is 6.07 Å². The predicted octanol–water partition coefficient (Wildman–Crippen LogP) is 9.54.